The van der Waals surface area contributed by atoms with E-state index in [1.807, 2.05) is 12.1 Å². The molecular formula is C17H19NO. The Bertz CT molecular complexity index is 522. The minimum absolute atomic E-state index is 0.569. The van der Waals surface area contributed by atoms with Crippen molar-refractivity contribution in [1.82, 2.24) is 5.32 Å². The average molecular weight is 253 g/mol. The summed E-state index contributed by atoms with van der Waals surface area (Å²) in [6, 6.07) is 17.6. The molecule has 0 fully saturated rings. The summed E-state index contributed by atoms with van der Waals surface area (Å²) >= 11 is 0. The number of ether oxygens (including phenoxy) is 1. The first-order chi connectivity index (χ1) is 9.35. The zero-order valence-electron chi connectivity index (χ0n) is 11.2. The molecule has 2 nitrogen and oxygen atoms in total. The van der Waals surface area contributed by atoms with Crippen LogP contribution in [0.25, 0.3) is 0 Å². The smallest absolute Gasteiger partial charge is 0.118 e. The fourth-order valence-corrected chi connectivity index (χ4v) is 2.71. The van der Waals surface area contributed by atoms with Gasteiger partial charge in [0.1, 0.15) is 5.75 Å². The molecule has 1 aliphatic rings. The van der Waals surface area contributed by atoms with E-state index < -0.39 is 0 Å². The number of hydrogen-bond donors (Lipinski definition) is 1. The van der Waals surface area contributed by atoms with Gasteiger partial charge in [-0.1, -0.05) is 36.4 Å². The lowest BCUT2D eigenvalue weighted by Gasteiger charge is -2.12. The Morgan fingerprint density at radius 1 is 1.00 bits per heavy atom. The lowest BCUT2D eigenvalue weighted by molar-refractivity contribution is 0.414. The molecule has 0 amide bonds. The van der Waals surface area contributed by atoms with Crippen LogP contribution in [0.1, 0.15) is 16.7 Å². The highest BCUT2D eigenvalue weighted by Crippen LogP contribution is 2.22. The Morgan fingerprint density at radius 3 is 2.21 bits per heavy atom. The van der Waals surface area contributed by atoms with Gasteiger partial charge in [0.25, 0.3) is 0 Å². The van der Waals surface area contributed by atoms with Gasteiger partial charge in [-0.15, -0.1) is 0 Å². The Hall–Kier alpha value is -1.80. The average Bonchev–Trinajstić information content (AvgIpc) is 2.88. The second-order valence-electron chi connectivity index (χ2n) is 5.10. The predicted octanol–water partition coefficient (Wildman–Crippen LogP) is 2.95. The van der Waals surface area contributed by atoms with Crippen LogP contribution in [-0.2, 0) is 19.4 Å². The molecule has 0 aliphatic heterocycles. The molecule has 0 bridgehead atoms. The van der Waals surface area contributed by atoms with Crippen molar-refractivity contribution in [3.05, 3.63) is 65.2 Å². The maximum absolute atomic E-state index is 5.17. The van der Waals surface area contributed by atoms with Gasteiger partial charge in [-0.2, -0.15) is 0 Å². The fourth-order valence-electron chi connectivity index (χ4n) is 2.71. The van der Waals surface area contributed by atoms with Crippen LogP contribution in [0.4, 0.5) is 0 Å². The summed E-state index contributed by atoms with van der Waals surface area (Å²) in [5.41, 5.74) is 4.29. The summed E-state index contributed by atoms with van der Waals surface area (Å²) < 4.78 is 5.17. The molecule has 3 rings (SSSR count). The van der Waals surface area contributed by atoms with Crippen LogP contribution >= 0.6 is 0 Å². The Labute approximate surface area is 114 Å². The Balaban J connectivity index is 1.56. The molecule has 98 valence electrons. The van der Waals surface area contributed by atoms with Crippen molar-refractivity contribution >= 4 is 0 Å². The van der Waals surface area contributed by atoms with E-state index in [1.165, 1.54) is 16.7 Å². The summed E-state index contributed by atoms with van der Waals surface area (Å²) in [4.78, 5) is 0. The van der Waals surface area contributed by atoms with Crippen LogP contribution in [0.2, 0.25) is 0 Å². The first-order valence-corrected chi connectivity index (χ1v) is 6.78. The molecule has 0 heterocycles. The Kier molecular flexibility index (Phi) is 3.51. The highest BCUT2D eigenvalue weighted by atomic mass is 16.5. The second kappa shape index (κ2) is 5.45. The van der Waals surface area contributed by atoms with Gasteiger partial charge in [0.05, 0.1) is 7.11 Å². The van der Waals surface area contributed by atoms with Gasteiger partial charge in [0.2, 0.25) is 0 Å². The van der Waals surface area contributed by atoms with Crippen LogP contribution in [-0.4, -0.2) is 13.2 Å². The monoisotopic (exact) mass is 253 g/mol. The van der Waals surface area contributed by atoms with E-state index in [0.717, 1.165) is 25.1 Å². The van der Waals surface area contributed by atoms with Gasteiger partial charge in [-0.05, 0) is 41.7 Å². The third-order valence-electron chi connectivity index (χ3n) is 3.80. The van der Waals surface area contributed by atoms with Crippen molar-refractivity contribution in [2.75, 3.05) is 7.11 Å². The van der Waals surface area contributed by atoms with Crippen molar-refractivity contribution in [1.29, 1.82) is 0 Å². The molecule has 0 saturated heterocycles. The van der Waals surface area contributed by atoms with Crippen molar-refractivity contribution in [3.8, 4) is 5.75 Å². The topological polar surface area (TPSA) is 21.3 Å². The Morgan fingerprint density at radius 2 is 1.63 bits per heavy atom. The standard InChI is InChI=1S/C17H19NO/c1-19-17-8-6-13(7-9-17)12-18-16-10-14-4-2-3-5-15(14)11-16/h2-9,16,18H,10-12H2,1H3. The van der Waals surface area contributed by atoms with Crippen LogP contribution in [0.5, 0.6) is 5.75 Å². The highest BCUT2D eigenvalue weighted by Gasteiger charge is 2.19. The molecule has 0 radical (unpaired) electrons. The largest absolute Gasteiger partial charge is 0.497 e. The molecule has 0 spiro atoms. The summed E-state index contributed by atoms with van der Waals surface area (Å²) in [6.45, 7) is 0.919. The molecule has 0 saturated carbocycles. The minimum Gasteiger partial charge on any atom is -0.497 e. The molecule has 0 unspecified atom stereocenters. The van der Waals surface area contributed by atoms with E-state index in [9.17, 15) is 0 Å². The van der Waals surface area contributed by atoms with E-state index in [-0.39, 0.29) is 0 Å². The van der Waals surface area contributed by atoms with E-state index in [4.69, 9.17) is 4.74 Å². The highest BCUT2D eigenvalue weighted by molar-refractivity contribution is 5.33. The van der Waals surface area contributed by atoms with Gasteiger partial charge in [-0.3, -0.25) is 0 Å². The van der Waals surface area contributed by atoms with Crippen molar-refractivity contribution in [3.63, 3.8) is 0 Å². The first-order valence-electron chi connectivity index (χ1n) is 6.78. The van der Waals surface area contributed by atoms with Gasteiger partial charge < -0.3 is 10.1 Å². The zero-order chi connectivity index (χ0) is 13.1. The molecule has 1 aliphatic carbocycles. The van der Waals surface area contributed by atoms with Crippen LogP contribution in [0.15, 0.2) is 48.5 Å². The molecule has 2 heteroatoms. The molecular weight excluding hydrogens is 234 g/mol. The van der Waals surface area contributed by atoms with Crippen LogP contribution < -0.4 is 10.1 Å². The number of methoxy groups -OCH3 is 1. The fraction of sp³-hybridized carbons (Fsp3) is 0.294. The summed E-state index contributed by atoms with van der Waals surface area (Å²) in [5.74, 6) is 0.914. The maximum Gasteiger partial charge on any atom is 0.118 e. The number of hydrogen-bond acceptors (Lipinski definition) is 2. The number of rotatable bonds is 4. The number of nitrogens with one attached hydrogen (secondary N) is 1. The number of benzene rings is 2. The lowest BCUT2D eigenvalue weighted by atomic mass is 10.1. The van der Waals surface area contributed by atoms with Crippen molar-refractivity contribution in [2.45, 2.75) is 25.4 Å². The lowest BCUT2D eigenvalue weighted by Crippen LogP contribution is -2.28. The second-order valence-corrected chi connectivity index (χ2v) is 5.10. The maximum atomic E-state index is 5.17. The molecule has 1 N–H and O–H groups in total. The number of fused-ring (bicyclic) bond motifs is 1. The SMILES string of the molecule is COc1ccc(CNC2Cc3ccccc3C2)cc1. The first kappa shape index (κ1) is 12.2. The van der Waals surface area contributed by atoms with Gasteiger partial charge in [-0.25, -0.2) is 0 Å². The third-order valence-corrected chi connectivity index (χ3v) is 3.80. The van der Waals surface area contributed by atoms with Crippen LogP contribution in [0, 0.1) is 0 Å². The molecule has 2 aromatic carbocycles. The molecule has 0 atom stereocenters. The third kappa shape index (κ3) is 2.79. The minimum atomic E-state index is 0.569. The van der Waals surface area contributed by atoms with Gasteiger partial charge >= 0.3 is 0 Å². The zero-order valence-corrected chi connectivity index (χ0v) is 11.2. The molecule has 19 heavy (non-hydrogen) atoms. The van der Waals surface area contributed by atoms with Gasteiger partial charge in [0.15, 0.2) is 0 Å². The summed E-state index contributed by atoms with van der Waals surface area (Å²) in [6.07, 6.45) is 2.29. The predicted molar refractivity (Wildman–Crippen MR) is 77.5 cm³/mol. The van der Waals surface area contributed by atoms with E-state index in [1.54, 1.807) is 7.11 Å². The van der Waals surface area contributed by atoms with Gasteiger partial charge in [0, 0.05) is 12.6 Å². The summed E-state index contributed by atoms with van der Waals surface area (Å²) in [7, 11) is 1.70. The summed E-state index contributed by atoms with van der Waals surface area (Å²) in [5, 5.41) is 3.64. The van der Waals surface area contributed by atoms with Crippen molar-refractivity contribution in [2.24, 2.45) is 0 Å². The molecule has 0 aromatic heterocycles. The van der Waals surface area contributed by atoms with E-state index >= 15 is 0 Å². The van der Waals surface area contributed by atoms with E-state index in [2.05, 4.69) is 41.7 Å². The quantitative estimate of drug-likeness (QED) is 0.904. The van der Waals surface area contributed by atoms with E-state index in [0.29, 0.717) is 6.04 Å². The molecule has 2 aromatic rings. The van der Waals surface area contributed by atoms with Crippen molar-refractivity contribution < 1.29 is 4.74 Å². The normalized spacial score (nSPS) is 14.4. The van der Waals surface area contributed by atoms with Crippen LogP contribution in [0.3, 0.4) is 0 Å².